The zero-order chi connectivity index (χ0) is 16.8. The summed E-state index contributed by atoms with van der Waals surface area (Å²) in [6, 6.07) is 8.55. The van der Waals surface area contributed by atoms with Gasteiger partial charge in [0.05, 0.1) is 0 Å². The van der Waals surface area contributed by atoms with E-state index < -0.39 is 0 Å². The molecule has 4 heterocycles. The molecule has 1 N–H and O–H groups in total. The number of aromatic amines is 1. The zero-order valence-electron chi connectivity index (χ0n) is 15.3. The van der Waals surface area contributed by atoms with Crippen LogP contribution in [0.5, 0.6) is 0 Å². The fourth-order valence-corrected chi connectivity index (χ4v) is 5.21. The molecular weight excluding hydrogens is 306 g/mol. The highest BCUT2D eigenvalue weighted by Gasteiger charge is 2.28. The van der Waals surface area contributed by atoms with E-state index in [1.165, 1.54) is 73.6 Å². The smallest absolute Gasteiger partial charge is 0.0457 e. The predicted molar refractivity (Wildman–Crippen MR) is 105 cm³/mol. The van der Waals surface area contributed by atoms with Crippen LogP contribution in [0.2, 0.25) is 0 Å². The lowest BCUT2D eigenvalue weighted by molar-refractivity contribution is 0.275. The normalized spacial score (nSPS) is 27.8. The van der Waals surface area contributed by atoms with Crippen LogP contribution in [0.15, 0.2) is 30.5 Å². The van der Waals surface area contributed by atoms with E-state index in [-0.39, 0.29) is 0 Å². The number of nitrogens with one attached hydrogen (secondary N) is 1. The molecule has 0 aliphatic carbocycles. The summed E-state index contributed by atoms with van der Waals surface area (Å²) in [4.78, 5) is 8.68. The molecule has 0 radical (unpaired) electrons. The summed E-state index contributed by atoms with van der Waals surface area (Å²) in [5.41, 5.74) is 5.79. The molecule has 3 nitrogen and oxygen atoms in total. The van der Waals surface area contributed by atoms with Gasteiger partial charge >= 0.3 is 0 Å². The van der Waals surface area contributed by atoms with Crippen LogP contribution in [0, 0.1) is 0 Å². The number of likely N-dealkylation sites (tertiary alicyclic amines) is 1. The maximum atomic E-state index is 3.50. The Morgan fingerprint density at radius 2 is 2.08 bits per heavy atom. The minimum Gasteiger partial charge on any atom is -0.361 e. The van der Waals surface area contributed by atoms with Crippen LogP contribution in [0.4, 0.5) is 0 Å². The quantitative estimate of drug-likeness (QED) is 0.914. The van der Waals surface area contributed by atoms with E-state index in [0.717, 1.165) is 12.6 Å². The number of hydrogen-bond donors (Lipinski definition) is 1. The van der Waals surface area contributed by atoms with E-state index in [1.54, 1.807) is 5.57 Å². The fraction of sp³-hybridized carbons (Fsp3) is 0.545. The van der Waals surface area contributed by atoms with E-state index in [0.29, 0.717) is 6.04 Å². The van der Waals surface area contributed by atoms with E-state index >= 15 is 0 Å². The SMILES string of the molecule is CN1CCC[C@@H]1Cc1c[nH]c2ccc(C3=CCN4CCC[C@H]4C3)cc12. The minimum atomic E-state index is 0.712. The molecule has 0 saturated carbocycles. The Bertz CT molecular complexity index is 803. The molecule has 25 heavy (non-hydrogen) atoms. The number of nitrogens with zero attached hydrogens (tertiary/aromatic N) is 2. The molecule has 2 aromatic rings. The third-order valence-corrected chi connectivity index (χ3v) is 6.79. The Morgan fingerprint density at radius 3 is 2.96 bits per heavy atom. The fourth-order valence-electron chi connectivity index (χ4n) is 5.21. The number of benzene rings is 1. The average Bonchev–Trinajstić information content (AvgIpc) is 3.35. The highest BCUT2D eigenvalue weighted by molar-refractivity contribution is 5.87. The third-order valence-electron chi connectivity index (χ3n) is 6.79. The molecule has 0 unspecified atom stereocenters. The van der Waals surface area contributed by atoms with Gasteiger partial charge in [-0.05, 0) is 87.5 Å². The van der Waals surface area contributed by atoms with Gasteiger partial charge in [0.1, 0.15) is 0 Å². The van der Waals surface area contributed by atoms with Gasteiger partial charge in [0, 0.05) is 35.7 Å². The molecular formula is C22H29N3. The van der Waals surface area contributed by atoms with Gasteiger partial charge in [0.15, 0.2) is 0 Å². The number of likely N-dealkylation sites (N-methyl/N-ethyl adjacent to an activating group) is 1. The first-order valence-electron chi connectivity index (χ1n) is 10.0. The molecule has 0 bridgehead atoms. The molecule has 0 spiro atoms. The van der Waals surface area contributed by atoms with Crippen molar-refractivity contribution in [2.24, 2.45) is 0 Å². The molecule has 3 heteroatoms. The van der Waals surface area contributed by atoms with Gasteiger partial charge < -0.3 is 9.88 Å². The Labute approximate surface area is 150 Å². The summed E-state index contributed by atoms with van der Waals surface area (Å²) in [6.07, 6.45) is 12.6. The van der Waals surface area contributed by atoms with E-state index in [2.05, 4.69) is 52.3 Å². The van der Waals surface area contributed by atoms with Crippen molar-refractivity contribution in [1.29, 1.82) is 0 Å². The van der Waals surface area contributed by atoms with Crippen LogP contribution in [0.3, 0.4) is 0 Å². The largest absolute Gasteiger partial charge is 0.361 e. The van der Waals surface area contributed by atoms with Crippen LogP contribution in [-0.2, 0) is 6.42 Å². The van der Waals surface area contributed by atoms with Gasteiger partial charge in [-0.2, -0.15) is 0 Å². The molecule has 132 valence electrons. The van der Waals surface area contributed by atoms with Gasteiger partial charge in [-0.15, -0.1) is 0 Å². The number of aromatic nitrogens is 1. The molecule has 5 rings (SSSR count). The van der Waals surface area contributed by atoms with Gasteiger partial charge in [-0.25, -0.2) is 0 Å². The first-order valence-corrected chi connectivity index (χ1v) is 10.0. The summed E-state index contributed by atoms with van der Waals surface area (Å²) in [6.45, 7) is 3.69. The zero-order valence-corrected chi connectivity index (χ0v) is 15.3. The number of rotatable bonds is 3. The van der Waals surface area contributed by atoms with Crippen molar-refractivity contribution in [2.45, 2.75) is 50.6 Å². The van der Waals surface area contributed by atoms with Crippen LogP contribution in [0.1, 0.15) is 43.2 Å². The number of fused-ring (bicyclic) bond motifs is 2. The van der Waals surface area contributed by atoms with Crippen molar-refractivity contribution in [3.63, 3.8) is 0 Å². The molecule has 1 aromatic carbocycles. The Balaban J connectivity index is 1.44. The monoisotopic (exact) mass is 335 g/mol. The van der Waals surface area contributed by atoms with Crippen LogP contribution in [0.25, 0.3) is 16.5 Å². The summed E-state index contributed by atoms with van der Waals surface area (Å²) in [5.74, 6) is 0. The van der Waals surface area contributed by atoms with Crippen molar-refractivity contribution in [1.82, 2.24) is 14.8 Å². The van der Waals surface area contributed by atoms with Crippen molar-refractivity contribution in [2.75, 3.05) is 26.7 Å². The molecule has 2 atom stereocenters. The van der Waals surface area contributed by atoms with E-state index in [4.69, 9.17) is 0 Å². The van der Waals surface area contributed by atoms with Crippen molar-refractivity contribution >= 4 is 16.5 Å². The van der Waals surface area contributed by atoms with Crippen molar-refractivity contribution in [3.05, 3.63) is 41.6 Å². The summed E-state index contributed by atoms with van der Waals surface area (Å²) in [5, 5.41) is 1.44. The Hall–Kier alpha value is -1.58. The topological polar surface area (TPSA) is 22.3 Å². The highest BCUT2D eigenvalue weighted by atomic mass is 15.2. The average molecular weight is 335 g/mol. The van der Waals surface area contributed by atoms with E-state index in [1.807, 2.05) is 0 Å². The van der Waals surface area contributed by atoms with Crippen LogP contribution < -0.4 is 0 Å². The first-order chi connectivity index (χ1) is 12.3. The molecule has 3 aliphatic rings. The second kappa shape index (κ2) is 6.30. The second-order valence-corrected chi connectivity index (χ2v) is 8.28. The number of H-pyrrole nitrogens is 1. The third kappa shape index (κ3) is 2.84. The van der Waals surface area contributed by atoms with Gasteiger partial charge in [0.2, 0.25) is 0 Å². The van der Waals surface area contributed by atoms with Gasteiger partial charge in [-0.3, -0.25) is 4.90 Å². The summed E-state index contributed by atoms with van der Waals surface area (Å²) in [7, 11) is 2.28. The standard InChI is InChI=1S/C22H29N3/c1-24-9-2-4-19(24)13-18-15-23-22-7-6-16(14-21(18)22)17-8-11-25-10-3-5-20(25)12-17/h6-8,14-15,19-20,23H,2-5,9-13H2,1H3/t19-,20+/m1/s1. The molecule has 1 aromatic heterocycles. The maximum Gasteiger partial charge on any atom is 0.0457 e. The Morgan fingerprint density at radius 1 is 1.16 bits per heavy atom. The molecule has 3 aliphatic heterocycles. The summed E-state index contributed by atoms with van der Waals surface area (Å²) >= 11 is 0. The highest BCUT2D eigenvalue weighted by Crippen LogP contribution is 2.34. The molecule has 2 saturated heterocycles. The summed E-state index contributed by atoms with van der Waals surface area (Å²) < 4.78 is 0. The Kier molecular flexibility index (Phi) is 3.94. The maximum absolute atomic E-state index is 3.50. The molecule has 0 amide bonds. The first kappa shape index (κ1) is 15.7. The minimum absolute atomic E-state index is 0.712. The second-order valence-electron chi connectivity index (χ2n) is 8.28. The lowest BCUT2D eigenvalue weighted by Crippen LogP contribution is -2.32. The van der Waals surface area contributed by atoms with E-state index in [9.17, 15) is 0 Å². The van der Waals surface area contributed by atoms with Crippen molar-refractivity contribution in [3.8, 4) is 0 Å². The van der Waals surface area contributed by atoms with Crippen LogP contribution >= 0.6 is 0 Å². The molecule has 2 fully saturated rings. The van der Waals surface area contributed by atoms with Gasteiger partial charge in [-0.1, -0.05) is 12.1 Å². The van der Waals surface area contributed by atoms with Crippen LogP contribution in [-0.4, -0.2) is 53.5 Å². The van der Waals surface area contributed by atoms with Gasteiger partial charge in [0.25, 0.3) is 0 Å². The predicted octanol–water partition coefficient (Wildman–Crippen LogP) is 4.06. The van der Waals surface area contributed by atoms with Crippen molar-refractivity contribution < 1.29 is 0 Å². The lowest BCUT2D eigenvalue weighted by Gasteiger charge is -2.29. The number of hydrogen-bond acceptors (Lipinski definition) is 2. The lowest BCUT2D eigenvalue weighted by atomic mass is 9.92.